The second kappa shape index (κ2) is 8.13. The topological polar surface area (TPSA) is 71.6 Å². The first-order chi connectivity index (χ1) is 14.6. The van der Waals surface area contributed by atoms with Crippen molar-refractivity contribution in [2.24, 2.45) is 0 Å². The van der Waals surface area contributed by atoms with Gasteiger partial charge in [-0.1, -0.05) is 36.4 Å². The largest absolute Gasteiger partial charge is 0.465 e. The number of para-hydroxylation sites is 1. The maximum atomic E-state index is 12.5. The third-order valence-electron chi connectivity index (χ3n) is 4.88. The van der Waals surface area contributed by atoms with Gasteiger partial charge in [0.05, 0.1) is 19.8 Å². The summed E-state index contributed by atoms with van der Waals surface area (Å²) >= 11 is 0. The van der Waals surface area contributed by atoms with Crippen LogP contribution in [0.5, 0.6) is 0 Å². The highest BCUT2D eigenvalue weighted by Crippen LogP contribution is 2.30. The number of nitrogens with zero attached hydrogens (tertiary/aromatic N) is 1. The lowest BCUT2D eigenvalue weighted by atomic mass is 10.1. The molecule has 3 aromatic rings. The third kappa shape index (κ3) is 3.51. The van der Waals surface area contributed by atoms with E-state index in [1.807, 2.05) is 42.5 Å². The molecule has 0 unspecified atom stereocenters. The van der Waals surface area contributed by atoms with Crippen molar-refractivity contribution in [3.05, 3.63) is 90.3 Å². The van der Waals surface area contributed by atoms with Crippen LogP contribution < -0.4 is 4.90 Å². The summed E-state index contributed by atoms with van der Waals surface area (Å²) in [4.78, 5) is 29.8. The maximum absolute atomic E-state index is 12.5. The summed E-state index contributed by atoms with van der Waals surface area (Å²) in [5, 5.41) is 1.14. The van der Waals surface area contributed by atoms with Gasteiger partial charge in [-0.25, -0.2) is 9.59 Å². The second-order valence-corrected chi connectivity index (χ2v) is 6.63. The van der Waals surface area contributed by atoms with E-state index in [9.17, 15) is 9.59 Å². The smallest absolute Gasteiger partial charge is 0.355 e. The number of carbonyl (C=O) groups excluding carboxylic acids is 2. The number of carbonyl (C=O) groups is 2. The zero-order valence-corrected chi connectivity index (χ0v) is 16.6. The summed E-state index contributed by atoms with van der Waals surface area (Å²) in [5.74, 6) is -1.25. The fourth-order valence-electron chi connectivity index (χ4n) is 3.40. The number of fused-ring (bicyclic) bond motifs is 1. The van der Waals surface area contributed by atoms with Gasteiger partial charge in [-0.05, 0) is 42.0 Å². The first-order valence-corrected chi connectivity index (χ1v) is 9.35. The zero-order valence-electron chi connectivity index (χ0n) is 16.6. The number of hydrogen-bond acceptors (Lipinski definition) is 5. The standard InChI is InChI=1S/C24H20N2O4/c1-29-23(27)19-8-5-6-14-26(22(19)24(28)30-2)18-12-10-16(11-13-18)21-15-17-7-3-4-9-20(17)25-21/h3-15,25H,1-2H3. The van der Waals surface area contributed by atoms with E-state index in [1.54, 1.807) is 23.3 Å². The van der Waals surface area contributed by atoms with Crippen molar-refractivity contribution in [1.29, 1.82) is 0 Å². The predicted octanol–water partition coefficient (Wildman–Crippen LogP) is 4.32. The SMILES string of the molecule is COC(=O)C1=C(C(=O)OC)N(c2ccc(-c3cc4ccccc4[nH]3)cc2)C=CC=C1. The quantitative estimate of drug-likeness (QED) is 0.660. The van der Waals surface area contributed by atoms with Gasteiger partial charge in [-0.15, -0.1) is 0 Å². The Morgan fingerprint density at radius 2 is 1.63 bits per heavy atom. The van der Waals surface area contributed by atoms with Crippen LogP contribution in [-0.2, 0) is 19.1 Å². The monoisotopic (exact) mass is 400 g/mol. The number of aromatic nitrogens is 1. The summed E-state index contributed by atoms with van der Waals surface area (Å²) in [6, 6.07) is 17.9. The molecule has 0 saturated carbocycles. The van der Waals surface area contributed by atoms with Crippen LogP contribution >= 0.6 is 0 Å². The fourth-order valence-corrected chi connectivity index (χ4v) is 3.40. The van der Waals surface area contributed by atoms with Crippen molar-refractivity contribution in [1.82, 2.24) is 4.98 Å². The number of aromatic amines is 1. The molecule has 30 heavy (non-hydrogen) atoms. The molecule has 1 aliphatic heterocycles. The number of H-pyrrole nitrogens is 1. The molecule has 1 aliphatic rings. The van der Waals surface area contributed by atoms with Crippen molar-refractivity contribution in [2.75, 3.05) is 19.1 Å². The van der Waals surface area contributed by atoms with Gasteiger partial charge in [0.2, 0.25) is 0 Å². The average molecular weight is 400 g/mol. The molecule has 1 aromatic heterocycles. The fraction of sp³-hybridized carbons (Fsp3) is 0.0833. The van der Waals surface area contributed by atoms with Crippen molar-refractivity contribution in [3.63, 3.8) is 0 Å². The molecule has 0 atom stereocenters. The maximum Gasteiger partial charge on any atom is 0.355 e. The van der Waals surface area contributed by atoms with E-state index >= 15 is 0 Å². The molecule has 0 fully saturated rings. The molecule has 0 saturated heterocycles. The van der Waals surface area contributed by atoms with Crippen LogP contribution in [0.2, 0.25) is 0 Å². The molecular formula is C24H20N2O4. The van der Waals surface area contributed by atoms with Gasteiger partial charge in [0.1, 0.15) is 5.70 Å². The van der Waals surface area contributed by atoms with E-state index in [-0.39, 0.29) is 11.3 Å². The lowest BCUT2D eigenvalue weighted by Gasteiger charge is -2.23. The molecule has 0 spiro atoms. The minimum Gasteiger partial charge on any atom is -0.465 e. The van der Waals surface area contributed by atoms with Crippen LogP contribution in [0.25, 0.3) is 22.2 Å². The molecule has 2 heterocycles. The Labute approximate surface area is 173 Å². The van der Waals surface area contributed by atoms with Gasteiger partial charge < -0.3 is 19.4 Å². The Balaban J connectivity index is 1.74. The highest BCUT2D eigenvalue weighted by atomic mass is 16.5. The molecule has 6 heteroatoms. The predicted molar refractivity (Wildman–Crippen MR) is 116 cm³/mol. The number of ether oxygens (including phenoxy) is 2. The Kier molecular flexibility index (Phi) is 5.22. The molecule has 0 radical (unpaired) electrons. The molecule has 1 N–H and O–H groups in total. The Morgan fingerprint density at radius 1 is 0.900 bits per heavy atom. The van der Waals surface area contributed by atoms with Gasteiger partial charge >= 0.3 is 11.9 Å². The number of methoxy groups -OCH3 is 2. The Morgan fingerprint density at radius 3 is 2.33 bits per heavy atom. The van der Waals surface area contributed by atoms with Gasteiger partial charge in [0.25, 0.3) is 0 Å². The molecule has 150 valence electrons. The minimum atomic E-state index is -0.633. The van der Waals surface area contributed by atoms with Gasteiger partial charge in [0, 0.05) is 28.5 Å². The number of benzene rings is 2. The molecule has 4 rings (SSSR count). The van der Waals surface area contributed by atoms with Crippen LogP contribution in [0.15, 0.2) is 90.3 Å². The van der Waals surface area contributed by atoms with Gasteiger partial charge in [-0.3, -0.25) is 0 Å². The molecule has 0 bridgehead atoms. The number of anilines is 1. The van der Waals surface area contributed by atoms with Gasteiger partial charge in [0.15, 0.2) is 0 Å². The molecule has 2 aromatic carbocycles. The summed E-state index contributed by atoms with van der Waals surface area (Å²) < 4.78 is 9.78. The molecule has 0 aliphatic carbocycles. The first kappa shape index (κ1) is 19.3. The van der Waals surface area contributed by atoms with E-state index in [1.165, 1.54) is 20.3 Å². The van der Waals surface area contributed by atoms with Crippen LogP contribution in [0.4, 0.5) is 5.69 Å². The Bertz CT molecular complexity index is 1170. The third-order valence-corrected chi connectivity index (χ3v) is 4.88. The zero-order chi connectivity index (χ0) is 21.1. The lowest BCUT2D eigenvalue weighted by Crippen LogP contribution is -2.26. The number of rotatable bonds is 4. The number of nitrogens with one attached hydrogen (secondary N) is 1. The molecular weight excluding hydrogens is 380 g/mol. The lowest BCUT2D eigenvalue weighted by molar-refractivity contribution is -0.139. The number of esters is 2. The number of hydrogen-bond donors (Lipinski definition) is 1. The van der Waals surface area contributed by atoms with Crippen molar-refractivity contribution in [2.45, 2.75) is 0 Å². The minimum absolute atomic E-state index is 0.0905. The van der Waals surface area contributed by atoms with Crippen LogP contribution in [0.1, 0.15) is 0 Å². The summed E-state index contributed by atoms with van der Waals surface area (Å²) in [7, 11) is 2.55. The van der Waals surface area contributed by atoms with E-state index in [4.69, 9.17) is 9.47 Å². The number of allylic oxidation sites excluding steroid dienone is 2. The first-order valence-electron chi connectivity index (χ1n) is 9.35. The van der Waals surface area contributed by atoms with E-state index in [0.29, 0.717) is 5.69 Å². The van der Waals surface area contributed by atoms with Crippen molar-refractivity contribution < 1.29 is 19.1 Å². The van der Waals surface area contributed by atoms with Crippen LogP contribution in [-0.4, -0.2) is 31.1 Å². The van der Waals surface area contributed by atoms with Gasteiger partial charge in [-0.2, -0.15) is 0 Å². The summed E-state index contributed by atoms with van der Waals surface area (Å²) in [5.41, 5.74) is 3.98. The van der Waals surface area contributed by atoms with Crippen molar-refractivity contribution in [3.8, 4) is 11.3 Å². The van der Waals surface area contributed by atoms with E-state index in [2.05, 4.69) is 17.1 Å². The summed E-state index contributed by atoms with van der Waals surface area (Å²) in [6.45, 7) is 0. The van der Waals surface area contributed by atoms with Crippen LogP contribution in [0, 0.1) is 0 Å². The normalized spacial score (nSPS) is 13.5. The Hall–Kier alpha value is -4.06. The highest BCUT2D eigenvalue weighted by Gasteiger charge is 2.27. The second-order valence-electron chi connectivity index (χ2n) is 6.63. The van der Waals surface area contributed by atoms with E-state index < -0.39 is 11.9 Å². The molecule has 6 nitrogen and oxygen atoms in total. The average Bonchev–Trinajstić information content (AvgIpc) is 3.10. The molecule has 0 amide bonds. The summed E-state index contributed by atoms with van der Waals surface area (Å²) in [6.07, 6.45) is 6.66. The highest BCUT2D eigenvalue weighted by molar-refractivity contribution is 6.05. The van der Waals surface area contributed by atoms with E-state index in [0.717, 1.165) is 22.2 Å². The van der Waals surface area contributed by atoms with Crippen LogP contribution in [0.3, 0.4) is 0 Å². The van der Waals surface area contributed by atoms with Crippen molar-refractivity contribution >= 4 is 28.5 Å².